The molecular weight excluding hydrogens is 362 g/mol. The number of piperazine rings is 1. The molecule has 0 saturated carbocycles. The van der Waals surface area contributed by atoms with E-state index >= 15 is 0 Å². The Labute approximate surface area is 154 Å². The quantitative estimate of drug-likeness (QED) is 0.764. The van der Waals surface area contributed by atoms with Gasteiger partial charge in [-0.25, -0.2) is 4.39 Å². The average molecular weight is 381 g/mol. The summed E-state index contributed by atoms with van der Waals surface area (Å²) >= 11 is 0. The van der Waals surface area contributed by atoms with Crippen LogP contribution in [0, 0.1) is 5.82 Å². The number of hydrogen-bond acceptors (Lipinski definition) is 5. The highest BCUT2D eigenvalue weighted by Crippen LogP contribution is 2.29. The van der Waals surface area contributed by atoms with Crippen molar-refractivity contribution in [3.05, 3.63) is 47.9 Å². The van der Waals surface area contributed by atoms with Gasteiger partial charge in [0.1, 0.15) is 5.82 Å². The Morgan fingerprint density at radius 1 is 0.815 bits per heavy atom. The van der Waals surface area contributed by atoms with E-state index in [-0.39, 0.29) is 5.82 Å². The molecule has 0 spiro atoms. The average Bonchev–Trinajstić information content (AvgIpc) is 2.62. The van der Waals surface area contributed by atoms with Crippen LogP contribution in [-0.2, 0) is 6.18 Å². The lowest BCUT2D eigenvalue weighted by Crippen LogP contribution is -2.63. The van der Waals surface area contributed by atoms with Gasteiger partial charge < -0.3 is 9.80 Å². The first-order chi connectivity index (χ1) is 12.9. The molecule has 0 unspecified atom stereocenters. The monoisotopic (exact) mass is 381 g/mol. The van der Waals surface area contributed by atoms with Crippen molar-refractivity contribution in [2.24, 2.45) is 0 Å². The predicted molar refractivity (Wildman–Crippen MR) is 93.2 cm³/mol. The lowest BCUT2D eigenvalue weighted by molar-refractivity contribution is -0.141. The van der Waals surface area contributed by atoms with Crippen LogP contribution in [0.2, 0.25) is 0 Å². The number of anilines is 2. The molecule has 1 aromatic heterocycles. The van der Waals surface area contributed by atoms with Crippen molar-refractivity contribution in [2.75, 3.05) is 49.1 Å². The second-order valence-electron chi connectivity index (χ2n) is 6.83. The third-order valence-corrected chi connectivity index (χ3v) is 5.15. The second-order valence-corrected chi connectivity index (χ2v) is 6.83. The van der Waals surface area contributed by atoms with E-state index in [4.69, 9.17) is 0 Å². The van der Waals surface area contributed by atoms with Gasteiger partial charge in [0.25, 0.3) is 0 Å². The number of nitrogens with zero attached hydrogens (tertiary/aromatic N) is 5. The molecule has 2 aromatic rings. The van der Waals surface area contributed by atoms with Crippen LogP contribution in [0.1, 0.15) is 5.69 Å². The molecule has 0 aliphatic carbocycles. The SMILES string of the molecule is Fc1ccc(N2CCN(C3CN(c4ccc(C(F)(F)F)nn4)C3)CC2)cc1. The molecule has 144 valence electrons. The minimum absolute atomic E-state index is 0.238. The molecule has 2 fully saturated rings. The van der Waals surface area contributed by atoms with E-state index in [2.05, 4.69) is 20.0 Å². The fourth-order valence-electron chi connectivity index (χ4n) is 3.52. The molecule has 9 heteroatoms. The van der Waals surface area contributed by atoms with Gasteiger partial charge in [-0.1, -0.05) is 0 Å². The van der Waals surface area contributed by atoms with E-state index in [1.54, 1.807) is 12.1 Å². The normalized spacial score (nSPS) is 19.3. The highest BCUT2D eigenvalue weighted by atomic mass is 19.4. The lowest BCUT2D eigenvalue weighted by Gasteiger charge is -2.48. The van der Waals surface area contributed by atoms with E-state index in [0.717, 1.165) is 51.0 Å². The summed E-state index contributed by atoms with van der Waals surface area (Å²) in [7, 11) is 0. The summed E-state index contributed by atoms with van der Waals surface area (Å²) in [5.41, 5.74) is 0.0477. The zero-order chi connectivity index (χ0) is 19.0. The Morgan fingerprint density at radius 3 is 2.04 bits per heavy atom. The standard InChI is InChI=1S/C18H19F4N5/c19-13-1-3-14(4-2-13)25-7-9-26(10-8-25)15-11-27(12-15)17-6-5-16(23-24-17)18(20,21)22/h1-6,15H,7-12H2. The van der Waals surface area contributed by atoms with Crippen LogP contribution in [0.15, 0.2) is 36.4 Å². The fraction of sp³-hybridized carbons (Fsp3) is 0.444. The molecule has 0 N–H and O–H groups in total. The summed E-state index contributed by atoms with van der Waals surface area (Å²) in [5.74, 6) is 0.238. The van der Waals surface area contributed by atoms with E-state index < -0.39 is 11.9 Å². The second kappa shape index (κ2) is 6.95. The van der Waals surface area contributed by atoms with Crippen molar-refractivity contribution in [3.63, 3.8) is 0 Å². The van der Waals surface area contributed by atoms with Gasteiger partial charge in [-0.05, 0) is 36.4 Å². The topological polar surface area (TPSA) is 35.5 Å². The summed E-state index contributed by atoms with van der Waals surface area (Å²) in [6, 6.07) is 9.23. The van der Waals surface area contributed by atoms with Crippen LogP contribution in [0.3, 0.4) is 0 Å². The first-order valence-corrected chi connectivity index (χ1v) is 8.80. The lowest BCUT2D eigenvalue weighted by atomic mass is 10.1. The van der Waals surface area contributed by atoms with Gasteiger partial charge in [0.05, 0.1) is 0 Å². The Bertz CT molecular complexity index is 764. The molecule has 0 radical (unpaired) electrons. The van der Waals surface area contributed by atoms with Crippen molar-refractivity contribution < 1.29 is 17.6 Å². The highest BCUT2D eigenvalue weighted by Gasteiger charge is 2.36. The largest absolute Gasteiger partial charge is 0.435 e. The van der Waals surface area contributed by atoms with Crippen molar-refractivity contribution in [1.82, 2.24) is 15.1 Å². The maximum absolute atomic E-state index is 13.0. The van der Waals surface area contributed by atoms with Crippen LogP contribution in [0.25, 0.3) is 0 Å². The van der Waals surface area contributed by atoms with E-state index in [0.29, 0.717) is 11.9 Å². The van der Waals surface area contributed by atoms with E-state index in [9.17, 15) is 17.6 Å². The van der Waals surface area contributed by atoms with Gasteiger partial charge in [-0.3, -0.25) is 4.90 Å². The van der Waals surface area contributed by atoms with Gasteiger partial charge in [0.15, 0.2) is 11.5 Å². The first kappa shape index (κ1) is 18.0. The number of rotatable bonds is 3. The predicted octanol–water partition coefficient (Wildman–Crippen LogP) is 2.65. The molecule has 0 bridgehead atoms. The van der Waals surface area contributed by atoms with Gasteiger partial charge in [0, 0.05) is 51.0 Å². The van der Waals surface area contributed by atoms with E-state index in [1.807, 2.05) is 4.90 Å². The molecule has 0 atom stereocenters. The smallest absolute Gasteiger partial charge is 0.369 e. The van der Waals surface area contributed by atoms with Crippen LogP contribution in [-0.4, -0.2) is 60.4 Å². The van der Waals surface area contributed by atoms with Crippen molar-refractivity contribution in [3.8, 4) is 0 Å². The zero-order valence-electron chi connectivity index (χ0n) is 14.5. The molecule has 3 heterocycles. The third-order valence-electron chi connectivity index (χ3n) is 5.15. The van der Waals surface area contributed by atoms with Crippen LogP contribution in [0.4, 0.5) is 29.1 Å². The maximum Gasteiger partial charge on any atom is 0.435 e. The summed E-state index contributed by atoms with van der Waals surface area (Å²) in [6.45, 7) is 4.99. The molecular formula is C18H19F4N5. The van der Waals surface area contributed by atoms with Gasteiger partial charge in [-0.2, -0.15) is 13.2 Å². The summed E-state index contributed by atoms with van der Waals surface area (Å²) < 4.78 is 50.7. The Balaban J connectivity index is 1.27. The van der Waals surface area contributed by atoms with Crippen LogP contribution >= 0.6 is 0 Å². The highest BCUT2D eigenvalue weighted by molar-refractivity contribution is 5.47. The van der Waals surface area contributed by atoms with Crippen molar-refractivity contribution in [1.29, 1.82) is 0 Å². The van der Waals surface area contributed by atoms with Crippen LogP contribution in [0.5, 0.6) is 0 Å². The number of benzene rings is 1. The Morgan fingerprint density at radius 2 is 1.48 bits per heavy atom. The first-order valence-electron chi connectivity index (χ1n) is 8.80. The molecule has 2 aliphatic rings. The number of aromatic nitrogens is 2. The summed E-state index contributed by atoms with van der Waals surface area (Å²) in [5, 5.41) is 6.98. The summed E-state index contributed by atoms with van der Waals surface area (Å²) in [4.78, 5) is 6.55. The molecule has 5 nitrogen and oxygen atoms in total. The molecule has 0 amide bonds. The molecule has 4 rings (SSSR count). The molecule has 27 heavy (non-hydrogen) atoms. The van der Waals surface area contributed by atoms with Crippen molar-refractivity contribution in [2.45, 2.75) is 12.2 Å². The minimum Gasteiger partial charge on any atom is -0.369 e. The number of alkyl halides is 3. The summed E-state index contributed by atoms with van der Waals surface area (Å²) in [6.07, 6.45) is -4.47. The number of hydrogen-bond donors (Lipinski definition) is 0. The minimum atomic E-state index is -4.47. The van der Waals surface area contributed by atoms with Gasteiger partial charge in [-0.15, -0.1) is 10.2 Å². The maximum atomic E-state index is 13.0. The number of halogens is 4. The van der Waals surface area contributed by atoms with Crippen molar-refractivity contribution >= 4 is 11.5 Å². The van der Waals surface area contributed by atoms with Gasteiger partial charge >= 0.3 is 6.18 Å². The molecule has 2 aliphatic heterocycles. The Hall–Kier alpha value is -2.42. The van der Waals surface area contributed by atoms with Crippen LogP contribution < -0.4 is 9.80 Å². The van der Waals surface area contributed by atoms with E-state index in [1.165, 1.54) is 18.2 Å². The third kappa shape index (κ3) is 3.83. The zero-order valence-corrected chi connectivity index (χ0v) is 14.5. The molecule has 1 aromatic carbocycles. The molecule has 2 saturated heterocycles. The van der Waals surface area contributed by atoms with Gasteiger partial charge in [0.2, 0.25) is 0 Å². The fourth-order valence-corrected chi connectivity index (χ4v) is 3.52. The Kier molecular flexibility index (Phi) is 4.63.